The van der Waals surface area contributed by atoms with Gasteiger partial charge in [0.25, 0.3) is 5.91 Å². The van der Waals surface area contributed by atoms with E-state index in [9.17, 15) is 14.0 Å². The molecule has 122 valence electrons. The Labute approximate surface area is 149 Å². The van der Waals surface area contributed by atoms with E-state index in [1.807, 2.05) is 0 Å². The minimum absolute atomic E-state index is 0.161. The van der Waals surface area contributed by atoms with Crippen LogP contribution < -0.4 is 10.6 Å². The Morgan fingerprint density at radius 2 is 1.88 bits per heavy atom. The van der Waals surface area contributed by atoms with E-state index in [-0.39, 0.29) is 18.3 Å². The summed E-state index contributed by atoms with van der Waals surface area (Å²) in [5.41, 5.74) is 0.640. The lowest BCUT2D eigenvalue weighted by molar-refractivity contribution is -0.115. The van der Waals surface area contributed by atoms with Crippen LogP contribution in [0.25, 0.3) is 10.1 Å². The van der Waals surface area contributed by atoms with Crippen LogP contribution in [0.2, 0.25) is 0 Å². The summed E-state index contributed by atoms with van der Waals surface area (Å²) in [6, 6.07) is 13.3. The number of anilines is 1. The Hall–Kier alpha value is -2.25. The minimum Gasteiger partial charge on any atom is -0.342 e. The molecule has 1 aromatic heterocycles. The zero-order chi connectivity index (χ0) is 17.1. The van der Waals surface area contributed by atoms with Gasteiger partial charge in [-0.05, 0) is 42.5 Å². The fourth-order valence-electron chi connectivity index (χ4n) is 2.12. The van der Waals surface area contributed by atoms with Crippen molar-refractivity contribution in [1.29, 1.82) is 0 Å². The minimum atomic E-state index is -0.401. The largest absolute Gasteiger partial charge is 0.342 e. The Kier molecular flexibility index (Phi) is 4.92. The van der Waals surface area contributed by atoms with Crippen LogP contribution in [0.1, 0.15) is 9.67 Å². The molecular weight excluding hydrogens is 395 g/mol. The highest BCUT2D eigenvalue weighted by Gasteiger charge is 2.13. The van der Waals surface area contributed by atoms with Gasteiger partial charge in [0.2, 0.25) is 5.91 Å². The van der Waals surface area contributed by atoms with Crippen molar-refractivity contribution in [3.63, 3.8) is 0 Å². The second-order valence-electron chi connectivity index (χ2n) is 5.00. The van der Waals surface area contributed by atoms with E-state index < -0.39 is 5.91 Å². The van der Waals surface area contributed by atoms with E-state index in [1.165, 1.54) is 23.5 Å². The normalized spacial score (nSPS) is 10.6. The number of benzene rings is 2. The van der Waals surface area contributed by atoms with Crippen LogP contribution in [0.15, 0.2) is 53.0 Å². The van der Waals surface area contributed by atoms with Crippen LogP contribution in [0.5, 0.6) is 0 Å². The molecule has 0 spiro atoms. The summed E-state index contributed by atoms with van der Waals surface area (Å²) in [5, 5.41) is 5.63. The van der Waals surface area contributed by atoms with Gasteiger partial charge in [0.1, 0.15) is 5.82 Å². The number of hydrogen-bond acceptors (Lipinski definition) is 3. The number of rotatable bonds is 4. The Balaban J connectivity index is 1.60. The Morgan fingerprint density at radius 1 is 1.12 bits per heavy atom. The number of thiophene rings is 1. The molecule has 0 aliphatic heterocycles. The van der Waals surface area contributed by atoms with Crippen LogP contribution in [-0.4, -0.2) is 18.4 Å². The van der Waals surface area contributed by atoms with E-state index >= 15 is 0 Å². The van der Waals surface area contributed by atoms with Gasteiger partial charge in [0.05, 0.1) is 11.4 Å². The van der Waals surface area contributed by atoms with Gasteiger partial charge in [-0.2, -0.15) is 0 Å². The highest BCUT2D eigenvalue weighted by atomic mass is 79.9. The molecule has 1 heterocycles. The molecule has 3 aromatic rings. The van der Waals surface area contributed by atoms with Gasteiger partial charge in [-0.15, -0.1) is 11.3 Å². The molecule has 0 saturated carbocycles. The van der Waals surface area contributed by atoms with Crippen LogP contribution in [-0.2, 0) is 4.79 Å². The molecule has 0 aliphatic rings. The van der Waals surface area contributed by atoms with Crippen LogP contribution in [0.4, 0.5) is 10.1 Å². The number of hydrogen-bond donors (Lipinski definition) is 2. The van der Waals surface area contributed by atoms with Crippen molar-refractivity contribution in [2.45, 2.75) is 0 Å². The third-order valence-corrected chi connectivity index (χ3v) is 4.90. The maximum atomic E-state index is 13.7. The molecule has 24 heavy (non-hydrogen) atoms. The van der Waals surface area contributed by atoms with Crippen molar-refractivity contribution < 1.29 is 14.0 Å². The lowest BCUT2D eigenvalue weighted by Crippen LogP contribution is -2.32. The van der Waals surface area contributed by atoms with Crippen molar-refractivity contribution in [3.05, 3.63) is 63.7 Å². The van der Waals surface area contributed by atoms with Gasteiger partial charge in [-0.1, -0.05) is 22.0 Å². The summed E-state index contributed by atoms with van der Waals surface area (Å²) in [6.45, 7) is -0.161. The molecule has 7 heteroatoms. The Morgan fingerprint density at radius 3 is 2.58 bits per heavy atom. The number of fused-ring (bicyclic) bond motifs is 1. The van der Waals surface area contributed by atoms with Gasteiger partial charge < -0.3 is 10.6 Å². The summed E-state index contributed by atoms with van der Waals surface area (Å²) < 4.78 is 15.3. The molecule has 0 radical (unpaired) electrons. The van der Waals surface area contributed by atoms with Crippen LogP contribution in [0.3, 0.4) is 0 Å². The standard InChI is InChI=1S/C17H12BrFN2O2S/c18-10-4-6-11(7-5-10)21-16(22)9-20-17(23)15-8-12-13(19)2-1-3-14(12)24-15/h1-8H,9H2,(H,20,23)(H,21,22). The molecule has 2 N–H and O–H groups in total. The SMILES string of the molecule is O=C(CNC(=O)c1cc2c(F)cccc2s1)Nc1ccc(Br)cc1. The molecule has 0 atom stereocenters. The van der Waals surface area contributed by atoms with Crippen LogP contribution >= 0.6 is 27.3 Å². The number of nitrogens with one attached hydrogen (secondary N) is 2. The summed E-state index contributed by atoms with van der Waals surface area (Å²) in [4.78, 5) is 24.4. The third kappa shape index (κ3) is 3.80. The predicted molar refractivity (Wildman–Crippen MR) is 96.9 cm³/mol. The maximum absolute atomic E-state index is 13.7. The summed E-state index contributed by atoms with van der Waals surface area (Å²) in [5.74, 6) is -1.10. The molecule has 4 nitrogen and oxygen atoms in total. The van der Waals surface area contributed by atoms with Crippen molar-refractivity contribution >= 4 is 54.9 Å². The third-order valence-electron chi connectivity index (χ3n) is 3.27. The number of amides is 2. The molecule has 0 fully saturated rings. The first-order valence-corrected chi connectivity index (χ1v) is 8.65. The van der Waals surface area contributed by atoms with Crippen molar-refractivity contribution in [2.75, 3.05) is 11.9 Å². The summed E-state index contributed by atoms with van der Waals surface area (Å²) >= 11 is 4.50. The molecule has 0 unspecified atom stereocenters. The smallest absolute Gasteiger partial charge is 0.261 e. The second kappa shape index (κ2) is 7.11. The second-order valence-corrected chi connectivity index (χ2v) is 7.00. The monoisotopic (exact) mass is 406 g/mol. The van der Waals surface area contributed by atoms with E-state index in [0.29, 0.717) is 20.7 Å². The molecule has 3 rings (SSSR count). The first-order chi connectivity index (χ1) is 11.5. The topological polar surface area (TPSA) is 58.2 Å². The first kappa shape index (κ1) is 16.6. The fourth-order valence-corrected chi connectivity index (χ4v) is 3.38. The van der Waals surface area contributed by atoms with E-state index in [1.54, 1.807) is 36.4 Å². The fraction of sp³-hybridized carbons (Fsp3) is 0.0588. The Bertz CT molecular complexity index is 909. The van der Waals surface area contributed by atoms with Gasteiger partial charge in [-0.3, -0.25) is 9.59 Å². The molecule has 0 saturated heterocycles. The van der Waals surface area contributed by atoms with Gasteiger partial charge in [0.15, 0.2) is 0 Å². The predicted octanol–water partition coefficient (Wildman–Crippen LogP) is 4.17. The van der Waals surface area contributed by atoms with Gasteiger partial charge in [-0.25, -0.2) is 4.39 Å². The van der Waals surface area contributed by atoms with Gasteiger partial charge >= 0.3 is 0 Å². The number of carbonyl (C=O) groups is 2. The highest BCUT2D eigenvalue weighted by molar-refractivity contribution is 9.10. The van der Waals surface area contributed by atoms with E-state index in [4.69, 9.17) is 0 Å². The zero-order valence-corrected chi connectivity index (χ0v) is 14.7. The average Bonchev–Trinajstić information content (AvgIpc) is 3.00. The average molecular weight is 407 g/mol. The molecule has 0 aliphatic carbocycles. The van der Waals surface area contributed by atoms with E-state index in [2.05, 4.69) is 26.6 Å². The van der Waals surface area contributed by atoms with Crippen molar-refractivity contribution in [3.8, 4) is 0 Å². The molecule has 2 amide bonds. The summed E-state index contributed by atoms with van der Waals surface area (Å²) in [7, 11) is 0. The molecular formula is C17H12BrFN2O2S. The lowest BCUT2D eigenvalue weighted by Gasteiger charge is -2.06. The molecule has 2 aromatic carbocycles. The molecule has 0 bridgehead atoms. The van der Waals surface area contributed by atoms with E-state index in [0.717, 1.165) is 4.47 Å². The maximum Gasteiger partial charge on any atom is 0.261 e. The van der Waals surface area contributed by atoms with Crippen molar-refractivity contribution in [1.82, 2.24) is 5.32 Å². The summed E-state index contributed by atoms with van der Waals surface area (Å²) in [6.07, 6.45) is 0. The lowest BCUT2D eigenvalue weighted by atomic mass is 10.2. The van der Waals surface area contributed by atoms with Crippen LogP contribution in [0, 0.1) is 5.82 Å². The number of carbonyl (C=O) groups excluding carboxylic acids is 2. The highest BCUT2D eigenvalue weighted by Crippen LogP contribution is 2.27. The van der Waals surface area contributed by atoms with Gasteiger partial charge in [0, 0.05) is 20.2 Å². The first-order valence-electron chi connectivity index (χ1n) is 7.04. The quantitative estimate of drug-likeness (QED) is 0.682. The van der Waals surface area contributed by atoms with Crippen molar-refractivity contribution in [2.24, 2.45) is 0 Å². The zero-order valence-electron chi connectivity index (χ0n) is 12.3. The number of halogens is 2.